The highest BCUT2D eigenvalue weighted by Gasteiger charge is 2.11. The van der Waals surface area contributed by atoms with Gasteiger partial charge in [0.2, 0.25) is 0 Å². The Morgan fingerprint density at radius 1 is 1.27 bits per heavy atom. The molecule has 0 aromatic rings. The van der Waals surface area contributed by atoms with Crippen molar-refractivity contribution in [2.75, 3.05) is 0 Å². The fourth-order valence-electron chi connectivity index (χ4n) is 1.17. The van der Waals surface area contributed by atoms with Gasteiger partial charge in [0.05, 0.1) is 5.60 Å². The van der Waals surface area contributed by atoms with E-state index in [1.807, 2.05) is 32.9 Å². The Morgan fingerprint density at radius 2 is 1.93 bits per heavy atom. The molecule has 0 fully saturated rings. The quantitative estimate of drug-likeness (QED) is 0.659. The summed E-state index contributed by atoms with van der Waals surface area (Å²) < 4.78 is 43.8. The number of hydrogen-bond acceptors (Lipinski definition) is 1. The van der Waals surface area contributed by atoms with E-state index in [2.05, 4.69) is 0 Å². The van der Waals surface area contributed by atoms with E-state index < -0.39 is 19.3 Å². The molecule has 0 bridgehead atoms. The molecule has 1 N–H and O–H groups in total. The molecule has 0 amide bonds. The maximum atomic E-state index is 10.1. The van der Waals surface area contributed by atoms with Crippen LogP contribution in [0.25, 0.3) is 0 Å². The van der Waals surface area contributed by atoms with Gasteiger partial charge in [-0.1, -0.05) is 23.3 Å². The van der Waals surface area contributed by atoms with Crippen LogP contribution >= 0.6 is 0 Å². The second-order valence-corrected chi connectivity index (χ2v) is 4.08. The van der Waals surface area contributed by atoms with E-state index in [1.54, 1.807) is 0 Å². The molecule has 0 aliphatic heterocycles. The Labute approximate surface area is 103 Å². The molecule has 0 heterocycles. The average Bonchev–Trinajstić information content (AvgIpc) is 2.32. The van der Waals surface area contributed by atoms with Crippen molar-refractivity contribution < 1.29 is 13.3 Å². The number of hydrogen-bond donors (Lipinski definition) is 1. The van der Waals surface area contributed by atoms with Crippen LogP contribution < -0.4 is 0 Å². The standard InChI is InChI=1S/C14H26O/c1-6-12(2)8-7-9-13(3)10-11-14(4,5)15/h6,9,15H,7-8,10-11H2,1-5H3/b12-6+,13-9+/i4D3,5D3. The van der Waals surface area contributed by atoms with Crippen molar-refractivity contribution in [2.45, 2.75) is 65.8 Å². The van der Waals surface area contributed by atoms with Crippen molar-refractivity contribution in [3.8, 4) is 0 Å². The zero-order valence-corrected chi connectivity index (χ0v) is 9.93. The Hall–Kier alpha value is -0.560. The van der Waals surface area contributed by atoms with Crippen LogP contribution in [0.2, 0.25) is 0 Å². The van der Waals surface area contributed by atoms with Crippen LogP contribution in [-0.2, 0) is 0 Å². The summed E-state index contributed by atoms with van der Waals surface area (Å²) in [4.78, 5) is 0. The summed E-state index contributed by atoms with van der Waals surface area (Å²) in [5.74, 6) is 0. The van der Waals surface area contributed by atoms with Crippen molar-refractivity contribution in [3.63, 3.8) is 0 Å². The normalized spacial score (nSPS) is 22.1. The van der Waals surface area contributed by atoms with Gasteiger partial charge in [-0.25, -0.2) is 0 Å². The topological polar surface area (TPSA) is 20.2 Å². The SMILES string of the molecule is [2H]C([2H])([2H])C(O)(CC/C(C)=C/CC/C(C)=C/C)C([2H])([2H])[2H]. The van der Waals surface area contributed by atoms with E-state index in [0.29, 0.717) is 0 Å². The van der Waals surface area contributed by atoms with Crippen molar-refractivity contribution in [1.82, 2.24) is 0 Å². The first-order valence-corrected chi connectivity index (χ1v) is 5.35. The van der Waals surface area contributed by atoms with E-state index in [0.717, 1.165) is 18.4 Å². The summed E-state index contributed by atoms with van der Waals surface area (Å²) in [7, 11) is 0. The molecular weight excluding hydrogens is 184 g/mol. The minimum absolute atomic E-state index is 0.252. The van der Waals surface area contributed by atoms with E-state index >= 15 is 0 Å². The Kier molecular flexibility index (Phi) is 3.15. The van der Waals surface area contributed by atoms with E-state index in [9.17, 15) is 5.11 Å². The lowest BCUT2D eigenvalue weighted by molar-refractivity contribution is 0.0713. The third-order valence-electron chi connectivity index (χ3n) is 2.41. The second-order valence-electron chi connectivity index (χ2n) is 4.08. The highest BCUT2D eigenvalue weighted by molar-refractivity contribution is 5.03. The summed E-state index contributed by atoms with van der Waals surface area (Å²) in [5, 5.41) is 10.1. The van der Waals surface area contributed by atoms with Gasteiger partial charge in [0.15, 0.2) is 0 Å². The summed E-state index contributed by atoms with van der Waals surface area (Å²) in [6, 6.07) is 0. The van der Waals surface area contributed by atoms with Gasteiger partial charge >= 0.3 is 0 Å². The third kappa shape index (κ3) is 9.74. The molecule has 0 unspecified atom stereocenters. The molecule has 0 radical (unpaired) electrons. The van der Waals surface area contributed by atoms with Crippen molar-refractivity contribution in [1.29, 1.82) is 0 Å². The summed E-state index contributed by atoms with van der Waals surface area (Å²) in [6.07, 6.45) is 5.68. The molecular formula is C14H26O. The van der Waals surface area contributed by atoms with Crippen LogP contribution in [0, 0.1) is 0 Å². The molecule has 0 aliphatic carbocycles. The first-order valence-electron chi connectivity index (χ1n) is 8.35. The molecule has 0 rings (SSSR count). The van der Waals surface area contributed by atoms with Gasteiger partial charge in [0, 0.05) is 8.22 Å². The number of rotatable bonds is 6. The zero-order chi connectivity index (χ0) is 16.9. The largest absolute Gasteiger partial charge is 0.390 e. The molecule has 0 aromatic heterocycles. The fraction of sp³-hybridized carbons (Fsp3) is 0.714. The van der Waals surface area contributed by atoms with Crippen LogP contribution in [0.5, 0.6) is 0 Å². The average molecular weight is 216 g/mol. The van der Waals surface area contributed by atoms with Crippen molar-refractivity contribution >= 4 is 0 Å². The maximum Gasteiger partial charge on any atom is 0.0594 e. The molecule has 0 saturated heterocycles. The minimum Gasteiger partial charge on any atom is -0.390 e. The zero-order valence-electron chi connectivity index (χ0n) is 15.9. The Bertz CT molecular complexity index is 375. The summed E-state index contributed by atoms with van der Waals surface area (Å²) in [6.45, 7) is -0.0333. The maximum absolute atomic E-state index is 10.1. The van der Waals surface area contributed by atoms with E-state index in [4.69, 9.17) is 8.22 Å². The molecule has 15 heavy (non-hydrogen) atoms. The van der Waals surface area contributed by atoms with Crippen LogP contribution in [0.1, 0.15) is 68.4 Å². The van der Waals surface area contributed by atoms with Crippen LogP contribution in [0.15, 0.2) is 23.3 Å². The highest BCUT2D eigenvalue weighted by atomic mass is 16.3. The van der Waals surface area contributed by atoms with Crippen LogP contribution in [0.4, 0.5) is 0 Å². The molecule has 0 aromatic carbocycles. The molecule has 0 atom stereocenters. The Balaban J connectivity index is 4.75. The highest BCUT2D eigenvalue weighted by Crippen LogP contribution is 2.16. The van der Waals surface area contributed by atoms with Crippen molar-refractivity contribution in [3.05, 3.63) is 23.3 Å². The molecule has 1 nitrogen and oxygen atoms in total. The first-order chi connectivity index (χ1) is 9.35. The molecule has 0 saturated carbocycles. The first kappa shape index (κ1) is 6.90. The van der Waals surface area contributed by atoms with Gasteiger partial charge in [0.1, 0.15) is 0 Å². The van der Waals surface area contributed by atoms with Gasteiger partial charge in [-0.05, 0) is 60.2 Å². The third-order valence-corrected chi connectivity index (χ3v) is 2.41. The van der Waals surface area contributed by atoms with Gasteiger partial charge in [-0.3, -0.25) is 0 Å². The summed E-state index contributed by atoms with van der Waals surface area (Å²) >= 11 is 0. The van der Waals surface area contributed by atoms with E-state index in [1.165, 1.54) is 5.57 Å². The minimum atomic E-state index is -2.93. The predicted octanol–water partition coefficient (Wildman–Crippen LogP) is 4.23. The molecule has 88 valence electrons. The van der Waals surface area contributed by atoms with Gasteiger partial charge in [0.25, 0.3) is 0 Å². The van der Waals surface area contributed by atoms with Crippen LogP contribution in [-0.4, -0.2) is 10.7 Å². The van der Waals surface area contributed by atoms with Crippen LogP contribution in [0.3, 0.4) is 0 Å². The Morgan fingerprint density at radius 3 is 2.47 bits per heavy atom. The number of aliphatic hydroxyl groups is 1. The van der Waals surface area contributed by atoms with E-state index in [-0.39, 0.29) is 12.8 Å². The van der Waals surface area contributed by atoms with Gasteiger partial charge in [-0.2, -0.15) is 0 Å². The summed E-state index contributed by atoms with van der Waals surface area (Å²) in [5.41, 5.74) is -0.500. The van der Waals surface area contributed by atoms with Gasteiger partial charge < -0.3 is 5.11 Å². The van der Waals surface area contributed by atoms with Gasteiger partial charge in [-0.15, -0.1) is 0 Å². The predicted molar refractivity (Wildman–Crippen MR) is 68.0 cm³/mol. The lowest BCUT2D eigenvalue weighted by Gasteiger charge is -2.16. The monoisotopic (exact) mass is 216 g/mol. The second kappa shape index (κ2) is 6.84. The smallest absolute Gasteiger partial charge is 0.0594 e. The lowest BCUT2D eigenvalue weighted by Crippen LogP contribution is -2.17. The van der Waals surface area contributed by atoms with Crippen molar-refractivity contribution in [2.24, 2.45) is 0 Å². The number of allylic oxidation sites excluding steroid dienone is 4. The molecule has 1 heteroatoms. The fourth-order valence-corrected chi connectivity index (χ4v) is 1.17. The molecule has 0 spiro atoms. The molecule has 0 aliphatic rings. The lowest BCUT2D eigenvalue weighted by atomic mass is 9.98.